The van der Waals surface area contributed by atoms with Crippen molar-refractivity contribution in [3.63, 3.8) is 0 Å². The van der Waals surface area contributed by atoms with Gasteiger partial charge < -0.3 is 15.8 Å². The average Bonchev–Trinajstić information content (AvgIpc) is 2.47. The van der Waals surface area contributed by atoms with E-state index in [0.29, 0.717) is 22.0 Å². The van der Waals surface area contributed by atoms with Gasteiger partial charge >= 0.3 is 0 Å². The number of carbonyl (C=O) groups is 1. The second-order valence-corrected chi connectivity index (χ2v) is 4.57. The summed E-state index contributed by atoms with van der Waals surface area (Å²) in [7, 11) is 1.56. The summed E-state index contributed by atoms with van der Waals surface area (Å²) in [5.41, 5.74) is 7.49. The van der Waals surface area contributed by atoms with Crippen molar-refractivity contribution >= 4 is 28.8 Å². The molecule has 0 aliphatic carbocycles. The zero-order valence-electron chi connectivity index (χ0n) is 10.9. The van der Waals surface area contributed by atoms with E-state index in [1.165, 1.54) is 0 Å². The molecule has 2 aromatic rings. The van der Waals surface area contributed by atoms with Gasteiger partial charge in [-0.1, -0.05) is 18.3 Å². The Morgan fingerprint density at radius 2 is 1.85 bits per heavy atom. The summed E-state index contributed by atoms with van der Waals surface area (Å²) in [4.78, 5) is 12.4. The van der Waals surface area contributed by atoms with Crippen LogP contribution in [0.4, 0.5) is 5.69 Å². The predicted octanol–water partition coefficient (Wildman–Crippen LogP) is 2.58. The van der Waals surface area contributed by atoms with Gasteiger partial charge in [-0.2, -0.15) is 0 Å². The second kappa shape index (κ2) is 6.16. The number of nitrogens with one attached hydrogen (secondary N) is 1. The van der Waals surface area contributed by atoms with Gasteiger partial charge in [0.15, 0.2) is 0 Å². The summed E-state index contributed by atoms with van der Waals surface area (Å²) in [6.45, 7) is 0. The molecule has 0 aliphatic heterocycles. The third-order valence-corrected chi connectivity index (χ3v) is 2.99. The monoisotopic (exact) mass is 286 g/mol. The highest BCUT2D eigenvalue weighted by atomic mass is 32.1. The van der Waals surface area contributed by atoms with Gasteiger partial charge in [-0.25, -0.2) is 0 Å². The van der Waals surface area contributed by atoms with Gasteiger partial charge in [0, 0.05) is 16.8 Å². The number of anilines is 1. The first-order valence-electron chi connectivity index (χ1n) is 5.95. The highest BCUT2D eigenvalue weighted by Gasteiger charge is 2.07. The molecule has 0 saturated carbocycles. The molecule has 0 aliphatic rings. The third kappa shape index (κ3) is 3.33. The largest absolute Gasteiger partial charge is 0.497 e. The first-order valence-corrected chi connectivity index (χ1v) is 6.36. The van der Waals surface area contributed by atoms with E-state index >= 15 is 0 Å². The van der Waals surface area contributed by atoms with Gasteiger partial charge in [-0.15, -0.1) is 0 Å². The van der Waals surface area contributed by atoms with E-state index in [0.717, 1.165) is 5.56 Å². The SMILES string of the molecule is COc1cccc(C(=O)Nc2ccc(C(N)=S)cc2)c1. The lowest BCUT2D eigenvalue weighted by Gasteiger charge is -2.07. The third-order valence-electron chi connectivity index (χ3n) is 2.76. The van der Waals surface area contributed by atoms with E-state index in [4.69, 9.17) is 22.7 Å². The van der Waals surface area contributed by atoms with Crippen molar-refractivity contribution < 1.29 is 9.53 Å². The topological polar surface area (TPSA) is 64.3 Å². The van der Waals surface area contributed by atoms with Gasteiger partial charge in [0.25, 0.3) is 5.91 Å². The minimum Gasteiger partial charge on any atom is -0.497 e. The van der Waals surface area contributed by atoms with Crippen molar-refractivity contribution in [3.05, 3.63) is 59.7 Å². The number of benzene rings is 2. The number of ether oxygens (including phenoxy) is 1. The number of hydrogen-bond acceptors (Lipinski definition) is 3. The van der Waals surface area contributed by atoms with Crippen LogP contribution < -0.4 is 15.8 Å². The van der Waals surface area contributed by atoms with Crippen molar-refractivity contribution in [3.8, 4) is 5.75 Å². The Balaban J connectivity index is 2.12. The molecule has 2 aromatic carbocycles. The number of hydrogen-bond donors (Lipinski definition) is 2. The molecule has 2 rings (SSSR count). The van der Waals surface area contributed by atoms with Gasteiger partial charge in [0.1, 0.15) is 10.7 Å². The maximum absolute atomic E-state index is 12.1. The molecule has 0 radical (unpaired) electrons. The molecule has 0 unspecified atom stereocenters. The van der Waals surface area contributed by atoms with E-state index in [9.17, 15) is 4.79 Å². The van der Waals surface area contributed by atoms with Crippen LogP contribution in [0.15, 0.2) is 48.5 Å². The molecule has 0 fully saturated rings. The highest BCUT2D eigenvalue weighted by molar-refractivity contribution is 7.80. The molecular formula is C15H14N2O2S. The zero-order chi connectivity index (χ0) is 14.5. The first kappa shape index (κ1) is 14.0. The van der Waals surface area contributed by atoms with E-state index in [2.05, 4.69) is 5.32 Å². The average molecular weight is 286 g/mol. The lowest BCUT2D eigenvalue weighted by atomic mass is 10.1. The lowest BCUT2D eigenvalue weighted by molar-refractivity contribution is 0.102. The summed E-state index contributed by atoms with van der Waals surface area (Å²) < 4.78 is 5.09. The molecule has 0 bridgehead atoms. The quantitative estimate of drug-likeness (QED) is 0.848. The molecule has 5 heteroatoms. The Hall–Kier alpha value is -2.40. The van der Waals surface area contributed by atoms with Gasteiger partial charge in [-0.05, 0) is 42.5 Å². The van der Waals surface area contributed by atoms with E-state index < -0.39 is 0 Å². The van der Waals surface area contributed by atoms with Crippen LogP contribution in [0.2, 0.25) is 0 Å². The molecule has 0 saturated heterocycles. The summed E-state index contributed by atoms with van der Waals surface area (Å²) >= 11 is 4.87. The number of thiocarbonyl (C=S) groups is 1. The number of rotatable bonds is 4. The first-order chi connectivity index (χ1) is 9.60. The molecule has 1 amide bonds. The maximum Gasteiger partial charge on any atom is 0.255 e. The smallest absolute Gasteiger partial charge is 0.255 e. The highest BCUT2D eigenvalue weighted by Crippen LogP contribution is 2.15. The number of methoxy groups -OCH3 is 1. The van der Waals surface area contributed by atoms with Gasteiger partial charge in [-0.3, -0.25) is 4.79 Å². The molecule has 0 heterocycles. The van der Waals surface area contributed by atoms with Crippen LogP contribution in [0.1, 0.15) is 15.9 Å². The normalized spacial score (nSPS) is 9.85. The predicted molar refractivity (Wildman–Crippen MR) is 83.3 cm³/mol. The number of carbonyl (C=O) groups excluding carboxylic acids is 1. The molecule has 0 atom stereocenters. The maximum atomic E-state index is 12.1. The van der Waals surface area contributed by atoms with E-state index in [1.807, 2.05) is 0 Å². The van der Waals surface area contributed by atoms with Crippen LogP contribution in [0, 0.1) is 0 Å². The summed E-state index contributed by atoms with van der Waals surface area (Å²) in [5, 5.41) is 2.80. The fourth-order valence-corrected chi connectivity index (χ4v) is 1.82. The van der Waals surface area contributed by atoms with Crippen molar-refractivity contribution in [2.45, 2.75) is 0 Å². The Morgan fingerprint density at radius 3 is 2.45 bits per heavy atom. The van der Waals surface area contributed by atoms with Gasteiger partial charge in [0.05, 0.1) is 7.11 Å². The van der Waals surface area contributed by atoms with Crippen LogP contribution >= 0.6 is 12.2 Å². The Bertz CT molecular complexity index is 639. The molecule has 102 valence electrons. The Kier molecular flexibility index (Phi) is 4.32. The molecular weight excluding hydrogens is 272 g/mol. The van der Waals surface area contributed by atoms with Crippen LogP contribution in [-0.2, 0) is 0 Å². The minimum absolute atomic E-state index is 0.202. The summed E-state index contributed by atoms with van der Waals surface area (Å²) in [5.74, 6) is 0.438. The molecule has 0 aromatic heterocycles. The van der Waals surface area contributed by atoms with Crippen LogP contribution in [0.5, 0.6) is 5.75 Å². The summed E-state index contributed by atoms with van der Waals surface area (Å²) in [6, 6.07) is 14.0. The van der Waals surface area contributed by atoms with Crippen molar-refractivity contribution in [2.24, 2.45) is 5.73 Å². The van der Waals surface area contributed by atoms with E-state index in [-0.39, 0.29) is 5.91 Å². The molecule has 20 heavy (non-hydrogen) atoms. The molecule has 4 nitrogen and oxygen atoms in total. The molecule has 3 N–H and O–H groups in total. The van der Waals surface area contributed by atoms with Crippen molar-refractivity contribution in [2.75, 3.05) is 12.4 Å². The number of amides is 1. The van der Waals surface area contributed by atoms with Crippen LogP contribution in [0.25, 0.3) is 0 Å². The van der Waals surface area contributed by atoms with Gasteiger partial charge in [0.2, 0.25) is 0 Å². The fraction of sp³-hybridized carbons (Fsp3) is 0.0667. The van der Waals surface area contributed by atoms with E-state index in [1.54, 1.807) is 55.6 Å². The standard InChI is InChI=1S/C15H14N2O2S/c1-19-13-4-2-3-11(9-13)15(18)17-12-7-5-10(6-8-12)14(16)20/h2-9H,1H3,(H2,16,20)(H,17,18). The van der Waals surface area contributed by atoms with Crippen LogP contribution in [-0.4, -0.2) is 18.0 Å². The van der Waals surface area contributed by atoms with Crippen molar-refractivity contribution in [1.82, 2.24) is 0 Å². The lowest BCUT2D eigenvalue weighted by Crippen LogP contribution is -2.13. The fourth-order valence-electron chi connectivity index (χ4n) is 1.69. The summed E-state index contributed by atoms with van der Waals surface area (Å²) in [6.07, 6.45) is 0. The Morgan fingerprint density at radius 1 is 1.15 bits per heavy atom. The van der Waals surface area contributed by atoms with Crippen LogP contribution in [0.3, 0.4) is 0 Å². The number of nitrogens with two attached hydrogens (primary N) is 1. The zero-order valence-corrected chi connectivity index (χ0v) is 11.7. The van der Waals surface area contributed by atoms with Crippen molar-refractivity contribution in [1.29, 1.82) is 0 Å². The second-order valence-electron chi connectivity index (χ2n) is 4.13. The Labute approximate surface area is 122 Å². The molecule has 0 spiro atoms. The minimum atomic E-state index is -0.202.